The number of carbonyl (C=O) groups excluding carboxylic acids is 1. The molecule has 0 spiro atoms. The molecule has 0 aliphatic carbocycles. The molecule has 1 aliphatic rings. The Balaban J connectivity index is 1.34. The minimum atomic E-state index is -0.168. The number of ether oxygens (including phenoxy) is 1. The van der Waals surface area contributed by atoms with Crippen molar-refractivity contribution < 1.29 is 9.53 Å². The van der Waals surface area contributed by atoms with E-state index in [1.165, 1.54) is 11.3 Å². The molecule has 4 heterocycles. The van der Waals surface area contributed by atoms with Gasteiger partial charge < -0.3 is 15.0 Å². The fourth-order valence-electron chi connectivity index (χ4n) is 3.24. The second-order valence-corrected chi connectivity index (χ2v) is 8.69. The van der Waals surface area contributed by atoms with Gasteiger partial charge in [0.1, 0.15) is 16.5 Å². The standard InChI is InChI=1S/C20H22N4O2S2/c1-13-10-24(11-14(2)26-13)18-6-5-15(8-21-18)9-22-19(25)16-12-28-20(23-16)17-4-3-7-27-17/h3-8,12-14H,9-11H2,1-2H3,(H,22,25)/t13-,14-/m1/s1. The van der Waals surface area contributed by atoms with Crippen molar-refractivity contribution in [1.29, 1.82) is 0 Å². The minimum absolute atomic E-state index is 0.168. The van der Waals surface area contributed by atoms with Gasteiger partial charge in [-0.25, -0.2) is 9.97 Å². The number of thiazole rings is 1. The van der Waals surface area contributed by atoms with Gasteiger partial charge in [0.05, 0.1) is 17.1 Å². The van der Waals surface area contributed by atoms with E-state index in [1.54, 1.807) is 16.7 Å². The number of amides is 1. The van der Waals surface area contributed by atoms with E-state index in [-0.39, 0.29) is 18.1 Å². The van der Waals surface area contributed by atoms with Crippen molar-refractivity contribution >= 4 is 34.4 Å². The summed E-state index contributed by atoms with van der Waals surface area (Å²) in [6.45, 7) is 6.26. The molecule has 1 N–H and O–H groups in total. The van der Waals surface area contributed by atoms with E-state index in [1.807, 2.05) is 35.8 Å². The third-order valence-electron chi connectivity index (χ3n) is 4.47. The van der Waals surface area contributed by atoms with Crippen LogP contribution < -0.4 is 10.2 Å². The van der Waals surface area contributed by atoms with Crippen LogP contribution in [-0.2, 0) is 11.3 Å². The predicted octanol–water partition coefficient (Wildman–Crippen LogP) is 3.81. The van der Waals surface area contributed by atoms with Crippen LogP contribution in [0.5, 0.6) is 0 Å². The SMILES string of the molecule is C[C@@H]1CN(c2ccc(CNC(=O)c3csc(-c4cccs4)n3)cn2)C[C@@H](C)O1. The van der Waals surface area contributed by atoms with Crippen molar-refractivity contribution in [2.75, 3.05) is 18.0 Å². The zero-order valence-corrected chi connectivity index (χ0v) is 17.4. The number of carbonyl (C=O) groups is 1. The molecule has 0 unspecified atom stereocenters. The number of aromatic nitrogens is 2. The van der Waals surface area contributed by atoms with Gasteiger partial charge >= 0.3 is 0 Å². The van der Waals surface area contributed by atoms with Crippen molar-refractivity contribution in [3.8, 4) is 9.88 Å². The number of hydrogen-bond donors (Lipinski definition) is 1. The van der Waals surface area contributed by atoms with Crippen molar-refractivity contribution in [1.82, 2.24) is 15.3 Å². The van der Waals surface area contributed by atoms with E-state index in [0.717, 1.165) is 34.4 Å². The Morgan fingerprint density at radius 3 is 2.75 bits per heavy atom. The number of rotatable bonds is 5. The number of nitrogens with one attached hydrogen (secondary N) is 1. The normalized spacial score (nSPS) is 19.6. The molecule has 6 nitrogen and oxygen atoms in total. The smallest absolute Gasteiger partial charge is 0.271 e. The first kappa shape index (κ1) is 19.0. The van der Waals surface area contributed by atoms with Crippen LogP contribution in [0, 0.1) is 0 Å². The molecule has 1 aliphatic heterocycles. The third kappa shape index (κ3) is 4.40. The molecule has 3 aromatic rings. The predicted molar refractivity (Wildman–Crippen MR) is 113 cm³/mol. The Labute approximate surface area is 172 Å². The highest BCUT2D eigenvalue weighted by atomic mass is 32.1. The van der Waals surface area contributed by atoms with Gasteiger partial charge in [0.25, 0.3) is 5.91 Å². The van der Waals surface area contributed by atoms with Gasteiger partial charge in [0, 0.05) is 31.2 Å². The second kappa shape index (κ2) is 8.38. The van der Waals surface area contributed by atoms with Gasteiger partial charge in [0.15, 0.2) is 0 Å². The van der Waals surface area contributed by atoms with E-state index >= 15 is 0 Å². The fraction of sp³-hybridized carbons (Fsp3) is 0.350. The Bertz CT molecular complexity index is 914. The Morgan fingerprint density at radius 2 is 2.07 bits per heavy atom. The van der Waals surface area contributed by atoms with Crippen LogP contribution in [0.3, 0.4) is 0 Å². The minimum Gasteiger partial charge on any atom is -0.372 e. The van der Waals surface area contributed by atoms with Gasteiger partial charge in [-0.05, 0) is 36.9 Å². The number of hydrogen-bond acceptors (Lipinski definition) is 7. The maximum atomic E-state index is 12.4. The van der Waals surface area contributed by atoms with Gasteiger partial charge in [-0.2, -0.15) is 0 Å². The van der Waals surface area contributed by atoms with Crippen LogP contribution in [0.2, 0.25) is 0 Å². The summed E-state index contributed by atoms with van der Waals surface area (Å²) in [5.41, 5.74) is 1.41. The summed E-state index contributed by atoms with van der Waals surface area (Å²) in [6.07, 6.45) is 2.21. The van der Waals surface area contributed by atoms with E-state index in [2.05, 4.69) is 34.0 Å². The van der Waals surface area contributed by atoms with E-state index < -0.39 is 0 Å². The number of anilines is 1. The third-order valence-corrected chi connectivity index (χ3v) is 6.36. The zero-order chi connectivity index (χ0) is 19.5. The maximum absolute atomic E-state index is 12.4. The zero-order valence-electron chi connectivity index (χ0n) is 15.8. The first-order chi connectivity index (χ1) is 13.6. The average Bonchev–Trinajstić information content (AvgIpc) is 3.37. The lowest BCUT2D eigenvalue weighted by Gasteiger charge is -2.36. The molecular weight excluding hydrogens is 392 g/mol. The fourth-order valence-corrected chi connectivity index (χ4v) is 4.85. The first-order valence-electron chi connectivity index (χ1n) is 9.21. The van der Waals surface area contributed by atoms with Crippen LogP contribution in [0.4, 0.5) is 5.82 Å². The molecule has 8 heteroatoms. The highest BCUT2D eigenvalue weighted by Crippen LogP contribution is 2.27. The molecule has 0 radical (unpaired) electrons. The maximum Gasteiger partial charge on any atom is 0.271 e. The molecule has 1 fully saturated rings. The van der Waals surface area contributed by atoms with Gasteiger partial charge in [0.2, 0.25) is 0 Å². The number of nitrogens with zero attached hydrogens (tertiary/aromatic N) is 3. The Kier molecular flexibility index (Phi) is 5.70. The molecule has 4 rings (SSSR count). The topological polar surface area (TPSA) is 67.4 Å². The summed E-state index contributed by atoms with van der Waals surface area (Å²) < 4.78 is 5.77. The van der Waals surface area contributed by atoms with Gasteiger partial charge in [-0.3, -0.25) is 4.79 Å². The highest BCUT2D eigenvalue weighted by Gasteiger charge is 2.23. The van der Waals surface area contributed by atoms with Crippen LogP contribution in [0.1, 0.15) is 29.9 Å². The Morgan fingerprint density at radius 1 is 1.25 bits per heavy atom. The van der Waals surface area contributed by atoms with Crippen LogP contribution >= 0.6 is 22.7 Å². The number of morpholine rings is 1. The van der Waals surface area contributed by atoms with E-state index in [9.17, 15) is 4.79 Å². The van der Waals surface area contributed by atoms with Gasteiger partial charge in [-0.15, -0.1) is 22.7 Å². The first-order valence-corrected chi connectivity index (χ1v) is 11.0. The molecule has 1 saturated heterocycles. The van der Waals surface area contributed by atoms with Crippen molar-refractivity contribution in [2.24, 2.45) is 0 Å². The highest BCUT2D eigenvalue weighted by molar-refractivity contribution is 7.20. The monoisotopic (exact) mass is 414 g/mol. The van der Waals surface area contributed by atoms with Gasteiger partial charge in [-0.1, -0.05) is 12.1 Å². The lowest BCUT2D eigenvalue weighted by atomic mass is 10.2. The molecule has 28 heavy (non-hydrogen) atoms. The summed E-state index contributed by atoms with van der Waals surface area (Å²) in [5, 5.41) is 7.60. The summed E-state index contributed by atoms with van der Waals surface area (Å²) in [5.74, 6) is 0.774. The van der Waals surface area contributed by atoms with Crippen LogP contribution in [0.15, 0.2) is 41.2 Å². The van der Waals surface area contributed by atoms with Crippen molar-refractivity contribution in [3.63, 3.8) is 0 Å². The van der Waals surface area contributed by atoms with Crippen molar-refractivity contribution in [3.05, 3.63) is 52.5 Å². The van der Waals surface area contributed by atoms with E-state index in [4.69, 9.17) is 4.74 Å². The lowest BCUT2D eigenvalue weighted by Crippen LogP contribution is -2.45. The molecule has 2 atom stereocenters. The number of thiophene rings is 1. The molecule has 0 saturated carbocycles. The molecule has 1 amide bonds. The molecule has 146 valence electrons. The molecule has 0 bridgehead atoms. The van der Waals surface area contributed by atoms with Crippen molar-refractivity contribution in [2.45, 2.75) is 32.6 Å². The lowest BCUT2D eigenvalue weighted by molar-refractivity contribution is -0.00546. The molecule has 0 aromatic carbocycles. The average molecular weight is 415 g/mol. The number of pyridine rings is 1. The van der Waals surface area contributed by atoms with Crippen LogP contribution in [-0.4, -0.2) is 41.2 Å². The largest absolute Gasteiger partial charge is 0.372 e. The van der Waals surface area contributed by atoms with Crippen LogP contribution in [0.25, 0.3) is 9.88 Å². The molecule has 3 aromatic heterocycles. The molecular formula is C20H22N4O2S2. The Hall–Kier alpha value is -2.29. The second-order valence-electron chi connectivity index (χ2n) is 6.88. The summed E-state index contributed by atoms with van der Waals surface area (Å²) in [6, 6.07) is 8.00. The summed E-state index contributed by atoms with van der Waals surface area (Å²) >= 11 is 3.11. The summed E-state index contributed by atoms with van der Waals surface area (Å²) in [7, 11) is 0. The quantitative estimate of drug-likeness (QED) is 0.688. The van der Waals surface area contributed by atoms with E-state index in [0.29, 0.717) is 12.2 Å². The summed E-state index contributed by atoms with van der Waals surface area (Å²) in [4.78, 5) is 24.7.